The number of piperazine rings is 1. The molecular formula is C21H27N3O3+2. The number of hydrogen-bond donors (Lipinski definition) is 2. The van der Waals surface area contributed by atoms with E-state index in [-0.39, 0.29) is 16.7 Å². The summed E-state index contributed by atoms with van der Waals surface area (Å²) in [5, 5.41) is 11.0. The number of rotatable bonds is 5. The number of nitro benzene ring substituents is 1. The van der Waals surface area contributed by atoms with E-state index in [4.69, 9.17) is 4.74 Å². The summed E-state index contributed by atoms with van der Waals surface area (Å²) in [6.45, 7) is 8.49. The highest BCUT2D eigenvalue weighted by molar-refractivity contribution is 5.39. The number of benzene rings is 2. The lowest BCUT2D eigenvalue weighted by Crippen LogP contribution is -3.27. The first-order valence-corrected chi connectivity index (χ1v) is 9.77. The minimum Gasteiger partial charge on any atom is -0.493 e. The molecule has 0 aromatic heterocycles. The molecule has 1 saturated heterocycles. The summed E-state index contributed by atoms with van der Waals surface area (Å²) in [5.74, 6) is 1.05. The summed E-state index contributed by atoms with van der Waals surface area (Å²) in [6, 6.07) is 14.0. The Morgan fingerprint density at radius 3 is 2.74 bits per heavy atom. The van der Waals surface area contributed by atoms with E-state index in [9.17, 15) is 10.1 Å². The number of quaternary nitrogens is 2. The second kappa shape index (κ2) is 7.66. The second-order valence-electron chi connectivity index (χ2n) is 7.70. The fraction of sp³-hybridized carbons (Fsp3) is 0.429. The van der Waals surface area contributed by atoms with Crippen molar-refractivity contribution >= 4 is 5.69 Å². The molecule has 1 atom stereocenters. The van der Waals surface area contributed by atoms with Gasteiger partial charge in [0.2, 0.25) is 0 Å². The normalized spacial score (nSPS) is 22.7. The molecule has 0 saturated carbocycles. The molecule has 6 heteroatoms. The van der Waals surface area contributed by atoms with E-state index in [1.807, 2.05) is 6.07 Å². The van der Waals surface area contributed by atoms with E-state index in [0.717, 1.165) is 57.1 Å². The Labute approximate surface area is 159 Å². The zero-order valence-electron chi connectivity index (χ0n) is 15.7. The molecule has 2 N–H and O–H groups in total. The van der Waals surface area contributed by atoms with E-state index < -0.39 is 0 Å². The van der Waals surface area contributed by atoms with Crippen molar-refractivity contribution in [3.8, 4) is 5.75 Å². The van der Waals surface area contributed by atoms with Gasteiger partial charge in [-0.3, -0.25) is 10.1 Å². The van der Waals surface area contributed by atoms with Crippen molar-refractivity contribution in [1.82, 2.24) is 0 Å². The molecule has 0 amide bonds. The molecule has 0 bridgehead atoms. The molecule has 4 rings (SSSR count). The van der Waals surface area contributed by atoms with Gasteiger partial charge in [-0.15, -0.1) is 0 Å². The smallest absolute Gasteiger partial charge is 0.269 e. The topological polar surface area (TPSA) is 61.2 Å². The highest BCUT2D eigenvalue weighted by Gasteiger charge is 2.28. The van der Waals surface area contributed by atoms with Crippen molar-refractivity contribution in [2.75, 3.05) is 32.8 Å². The van der Waals surface area contributed by atoms with Gasteiger partial charge in [0.05, 0.1) is 11.5 Å². The van der Waals surface area contributed by atoms with E-state index in [1.54, 1.807) is 23.1 Å². The predicted octanol–water partition coefficient (Wildman–Crippen LogP) is 0.574. The molecule has 0 unspecified atom stereocenters. The summed E-state index contributed by atoms with van der Waals surface area (Å²) in [7, 11) is 0. The van der Waals surface area contributed by atoms with Gasteiger partial charge in [-0.25, -0.2) is 0 Å². The Morgan fingerprint density at radius 2 is 1.96 bits per heavy atom. The number of ether oxygens (including phenoxy) is 1. The van der Waals surface area contributed by atoms with Crippen LogP contribution in [0.2, 0.25) is 0 Å². The van der Waals surface area contributed by atoms with Crippen LogP contribution >= 0.6 is 0 Å². The SMILES string of the molecule is C[C@H](c1cccc([N+](=O)[O-])c1)[NH+]1CC[NH+](Cc2ccc3c(c2)CCO3)CC1. The molecule has 2 aromatic carbocycles. The number of non-ortho nitro benzene ring substituents is 1. The first kappa shape index (κ1) is 17.9. The minimum atomic E-state index is -0.310. The molecule has 0 radical (unpaired) electrons. The summed E-state index contributed by atoms with van der Waals surface area (Å²) in [4.78, 5) is 13.8. The number of hydrogen-bond acceptors (Lipinski definition) is 3. The van der Waals surface area contributed by atoms with Gasteiger partial charge in [-0.05, 0) is 30.7 Å². The maximum absolute atomic E-state index is 11.0. The summed E-state index contributed by atoms with van der Waals surface area (Å²) < 4.78 is 5.60. The fourth-order valence-corrected chi connectivity index (χ4v) is 4.32. The van der Waals surface area contributed by atoms with Crippen LogP contribution in [0.1, 0.15) is 29.7 Å². The molecule has 6 nitrogen and oxygen atoms in total. The number of nitrogens with one attached hydrogen (secondary N) is 2. The van der Waals surface area contributed by atoms with Gasteiger partial charge in [-0.1, -0.05) is 12.1 Å². The third-order valence-electron chi connectivity index (χ3n) is 6.00. The van der Waals surface area contributed by atoms with Crippen LogP contribution < -0.4 is 14.5 Å². The second-order valence-corrected chi connectivity index (χ2v) is 7.70. The Morgan fingerprint density at radius 1 is 1.15 bits per heavy atom. The number of nitrogens with zero attached hydrogens (tertiary/aromatic N) is 1. The Hall–Kier alpha value is -2.44. The molecule has 0 spiro atoms. The van der Waals surface area contributed by atoms with E-state index >= 15 is 0 Å². The maximum Gasteiger partial charge on any atom is 0.269 e. The molecule has 2 aliphatic heterocycles. The highest BCUT2D eigenvalue weighted by atomic mass is 16.6. The molecule has 142 valence electrons. The molecule has 0 aliphatic carbocycles. The quantitative estimate of drug-likeness (QED) is 0.599. The number of fused-ring (bicyclic) bond motifs is 1. The van der Waals surface area contributed by atoms with Crippen molar-refractivity contribution in [1.29, 1.82) is 0 Å². The molecule has 2 heterocycles. The zero-order chi connectivity index (χ0) is 18.8. The first-order valence-electron chi connectivity index (χ1n) is 9.77. The predicted molar refractivity (Wildman–Crippen MR) is 102 cm³/mol. The maximum atomic E-state index is 11.0. The van der Waals surface area contributed by atoms with E-state index in [0.29, 0.717) is 0 Å². The van der Waals surface area contributed by atoms with E-state index in [1.165, 1.54) is 16.0 Å². The lowest BCUT2D eigenvalue weighted by molar-refractivity contribution is -1.03. The number of nitro groups is 1. The Bertz CT molecular complexity index is 831. The van der Waals surface area contributed by atoms with Crippen LogP contribution in [-0.4, -0.2) is 37.7 Å². The highest BCUT2D eigenvalue weighted by Crippen LogP contribution is 2.25. The van der Waals surface area contributed by atoms with Crippen LogP contribution in [0.15, 0.2) is 42.5 Å². The van der Waals surface area contributed by atoms with Crippen molar-refractivity contribution in [3.63, 3.8) is 0 Å². The summed E-state index contributed by atoms with van der Waals surface area (Å²) in [6.07, 6.45) is 1.02. The molecule has 2 aliphatic rings. The van der Waals surface area contributed by atoms with Gasteiger partial charge in [0, 0.05) is 29.7 Å². The first-order chi connectivity index (χ1) is 13.1. The molecule has 1 fully saturated rings. The molecular weight excluding hydrogens is 342 g/mol. The molecule has 2 aromatic rings. The zero-order valence-corrected chi connectivity index (χ0v) is 15.7. The summed E-state index contributed by atoms with van der Waals surface area (Å²) in [5.41, 5.74) is 3.98. The van der Waals surface area contributed by atoms with Gasteiger partial charge in [0.1, 0.15) is 44.5 Å². The van der Waals surface area contributed by atoms with Crippen molar-refractivity contribution in [2.45, 2.75) is 25.9 Å². The average molecular weight is 369 g/mol. The standard InChI is InChI=1S/C21H25N3O3/c1-16(18-3-2-4-20(14-18)24(25)26)23-10-8-22(9-11-23)15-17-5-6-21-19(13-17)7-12-27-21/h2-6,13-14,16H,7-12,15H2,1H3/p+2/t16-/m1/s1. The van der Waals surface area contributed by atoms with Gasteiger partial charge in [0.15, 0.2) is 0 Å². The molecule has 27 heavy (non-hydrogen) atoms. The van der Waals surface area contributed by atoms with Crippen LogP contribution in [0.3, 0.4) is 0 Å². The van der Waals surface area contributed by atoms with Gasteiger partial charge < -0.3 is 14.5 Å². The van der Waals surface area contributed by atoms with Gasteiger partial charge >= 0.3 is 0 Å². The monoisotopic (exact) mass is 369 g/mol. The van der Waals surface area contributed by atoms with Crippen LogP contribution in [-0.2, 0) is 13.0 Å². The summed E-state index contributed by atoms with van der Waals surface area (Å²) >= 11 is 0. The average Bonchev–Trinajstić information content (AvgIpc) is 3.16. The van der Waals surface area contributed by atoms with Crippen LogP contribution in [0.5, 0.6) is 5.75 Å². The van der Waals surface area contributed by atoms with Crippen LogP contribution in [0, 0.1) is 10.1 Å². The fourth-order valence-electron chi connectivity index (χ4n) is 4.32. The van der Waals surface area contributed by atoms with Gasteiger partial charge in [-0.2, -0.15) is 0 Å². The van der Waals surface area contributed by atoms with Gasteiger partial charge in [0.25, 0.3) is 5.69 Å². The van der Waals surface area contributed by atoms with Crippen LogP contribution in [0.4, 0.5) is 5.69 Å². The minimum absolute atomic E-state index is 0.184. The van der Waals surface area contributed by atoms with Crippen molar-refractivity contribution in [3.05, 3.63) is 69.3 Å². The Balaban J connectivity index is 1.34. The third kappa shape index (κ3) is 3.96. The largest absolute Gasteiger partial charge is 0.493 e. The third-order valence-corrected chi connectivity index (χ3v) is 6.00. The Kier molecular flexibility index (Phi) is 5.09. The van der Waals surface area contributed by atoms with Crippen LogP contribution in [0.25, 0.3) is 0 Å². The van der Waals surface area contributed by atoms with Crippen molar-refractivity contribution in [2.24, 2.45) is 0 Å². The van der Waals surface area contributed by atoms with Crippen molar-refractivity contribution < 1.29 is 19.5 Å². The lowest BCUT2D eigenvalue weighted by Gasteiger charge is -2.33. The lowest BCUT2D eigenvalue weighted by atomic mass is 10.0. The van der Waals surface area contributed by atoms with E-state index in [2.05, 4.69) is 25.1 Å².